The predicted molar refractivity (Wildman–Crippen MR) is 71.5 cm³/mol. The van der Waals surface area contributed by atoms with Gasteiger partial charge in [-0.1, -0.05) is 25.5 Å². The Morgan fingerprint density at radius 2 is 1.83 bits per heavy atom. The van der Waals surface area contributed by atoms with Crippen LogP contribution in [0.1, 0.15) is 44.6 Å². The van der Waals surface area contributed by atoms with Crippen molar-refractivity contribution in [3.8, 4) is 5.75 Å². The van der Waals surface area contributed by atoms with E-state index in [1.807, 2.05) is 24.3 Å². The molecule has 0 heterocycles. The Balaban J connectivity index is 2.15. The molecule has 3 heteroatoms. The lowest BCUT2D eigenvalue weighted by Gasteiger charge is -2.34. The quantitative estimate of drug-likeness (QED) is 0.889. The van der Waals surface area contributed by atoms with E-state index < -0.39 is 5.60 Å². The second kappa shape index (κ2) is 5.42. The summed E-state index contributed by atoms with van der Waals surface area (Å²) in [6, 6.07) is 7.93. The van der Waals surface area contributed by atoms with Gasteiger partial charge in [0.2, 0.25) is 0 Å². The summed E-state index contributed by atoms with van der Waals surface area (Å²) in [7, 11) is 0. The van der Waals surface area contributed by atoms with E-state index in [0.717, 1.165) is 44.3 Å². The van der Waals surface area contributed by atoms with Gasteiger partial charge in [-0.25, -0.2) is 0 Å². The van der Waals surface area contributed by atoms with Gasteiger partial charge in [-0.15, -0.1) is 0 Å². The first-order valence-electron chi connectivity index (χ1n) is 6.74. The lowest BCUT2D eigenvalue weighted by molar-refractivity contribution is -0.136. The highest BCUT2D eigenvalue weighted by atomic mass is 16.5. The van der Waals surface area contributed by atoms with Crippen molar-refractivity contribution in [3.05, 3.63) is 29.8 Å². The van der Waals surface area contributed by atoms with Gasteiger partial charge in [-0.2, -0.15) is 0 Å². The van der Waals surface area contributed by atoms with Gasteiger partial charge < -0.3 is 10.5 Å². The Morgan fingerprint density at radius 1 is 1.22 bits per heavy atom. The second-order valence-electron chi connectivity index (χ2n) is 5.02. The molecule has 0 unspecified atom stereocenters. The number of ether oxygens (including phenoxy) is 1. The maximum atomic E-state index is 11.7. The number of amides is 1. The van der Waals surface area contributed by atoms with Crippen LogP contribution in [0.4, 0.5) is 0 Å². The molecule has 0 saturated heterocycles. The third-order valence-corrected chi connectivity index (χ3v) is 3.76. The zero-order valence-corrected chi connectivity index (χ0v) is 10.9. The standard InChI is InChI=1S/C15H21NO2/c1-2-12-6-8-13(9-7-12)18-15(14(16)17)10-4-3-5-11-15/h6-9H,2-5,10-11H2,1H3,(H2,16,17). The first-order valence-corrected chi connectivity index (χ1v) is 6.74. The number of rotatable bonds is 4. The van der Waals surface area contributed by atoms with Crippen molar-refractivity contribution in [2.24, 2.45) is 5.73 Å². The van der Waals surface area contributed by atoms with Gasteiger partial charge in [0.15, 0.2) is 5.60 Å². The molecule has 1 saturated carbocycles. The van der Waals surface area contributed by atoms with Gasteiger partial charge in [0.1, 0.15) is 5.75 Å². The lowest BCUT2D eigenvalue weighted by atomic mass is 9.84. The topological polar surface area (TPSA) is 52.3 Å². The van der Waals surface area contributed by atoms with E-state index >= 15 is 0 Å². The summed E-state index contributed by atoms with van der Waals surface area (Å²) >= 11 is 0. The predicted octanol–water partition coefficient (Wildman–Crippen LogP) is 2.82. The lowest BCUT2D eigenvalue weighted by Crippen LogP contribution is -2.50. The number of carbonyl (C=O) groups excluding carboxylic acids is 1. The fourth-order valence-corrected chi connectivity index (χ4v) is 2.54. The van der Waals surface area contributed by atoms with Crippen LogP contribution in [0, 0.1) is 0 Å². The van der Waals surface area contributed by atoms with Gasteiger partial charge in [0.05, 0.1) is 0 Å². The number of benzene rings is 1. The maximum Gasteiger partial charge on any atom is 0.261 e. The van der Waals surface area contributed by atoms with E-state index in [-0.39, 0.29) is 5.91 Å². The maximum absolute atomic E-state index is 11.7. The Hall–Kier alpha value is -1.51. The third kappa shape index (κ3) is 2.66. The van der Waals surface area contributed by atoms with Crippen LogP contribution in [-0.2, 0) is 11.2 Å². The molecule has 98 valence electrons. The molecule has 1 fully saturated rings. The van der Waals surface area contributed by atoms with Crippen LogP contribution < -0.4 is 10.5 Å². The van der Waals surface area contributed by atoms with Crippen LogP contribution in [0.15, 0.2) is 24.3 Å². The molecular weight excluding hydrogens is 226 g/mol. The van der Waals surface area contributed by atoms with E-state index in [2.05, 4.69) is 6.92 Å². The summed E-state index contributed by atoms with van der Waals surface area (Å²) in [5.41, 5.74) is 6.02. The normalized spacial score (nSPS) is 18.3. The second-order valence-corrected chi connectivity index (χ2v) is 5.02. The zero-order chi connectivity index (χ0) is 13.0. The minimum atomic E-state index is -0.786. The van der Waals surface area contributed by atoms with Crippen molar-refractivity contribution in [3.63, 3.8) is 0 Å². The van der Waals surface area contributed by atoms with Crippen LogP contribution in [0.5, 0.6) is 5.75 Å². The number of hydrogen-bond donors (Lipinski definition) is 1. The molecule has 1 aromatic carbocycles. The summed E-state index contributed by atoms with van der Waals surface area (Å²) < 4.78 is 5.93. The SMILES string of the molecule is CCc1ccc(OC2(C(N)=O)CCCCC2)cc1. The molecule has 1 amide bonds. The number of nitrogens with two attached hydrogens (primary N) is 1. The van der Waals surface area contributed by atoms with Gasteiger partial charge in [-0.05, 0) is 49.8 Å². The molecule has 3 nitrogen and oxygen atoms in total. The number of primary amides is 1. The van der Waals surface area contributed by atoms with Crippen LogP contribution in [-0.4, -0.2) is 11.5 Å². The summed E-state index contributed by atoms with van der Waals surface area (Å²) in [5, 5.41) is 0. The van der Waals surface area contributed by atoms with Crippen molar-refractivity contribution < 1.29 is 9.53 Å². The molecule has 1 aromatic rings. The smallest absolute Gasteiger partial charge is 0.261 e. The molecule has 18 heavy (non-hydrogen) atoms. The van der Waals surface area contributed by atoms with Gasteiger partial charge >= 0.3 is 0 Å². The Labute approximate surface area is 108 Å². The molecule has 2 N–H and O–H groups in total. The van der Waals surface area contributed by atoms with E-state index in [1.54, 1.807) is 0 Å². The fraction of sp³-hybridized carbons (Fsp3) is 0.533. The molecule has 0 radical (unpaired) electrons. The Kier molecular flexibility index (Phi) is 3.90. The first kappa shape index (κ1) is 12.9. The molecule has 0 bridgehead atoms. The largest absolute Gasteiger partial charge is 0.477 e. The Bertz CT molecular complexity index is 405. The average molecular weight is 247 g/mol. The number of carbonyl (C=O) groups is 1. The van der Waals surface area contributed by atoms with Crippen molar-refractivity contribution in [1.29, 1.82) is 0 Å². The van der Waals surface area contributed by atoms with Gasteiger partial charge in [0.25, 0.3) is 5.91 Å². The molecular formula is C15H21NO2. The van der Waals surface area contributed by atoms with E-state index in [1.165, 1.54) is 5.56 Å². The monoisotopic (exact) mass is 247 g/mol. The highest BCUT2D eigenvalue weighted by Gasteiger charge is 2.40. The molecule has 1 aliphatic rings. The minimum absolute atomic E-state index is 0.332. The average Bonchev–Trinajstić information content (AvgIpc) is 2.40. The zero-order valence-electron chi connectivity index (χ0n) is 10.9. The van der Waals surface area contributed by atoms with Crippen molar-refractivity contribution in [2.45, 2.75) is 51.0 Å². The molecule has 0 atom stereocenters. The molecule has 2 rings (SSSR count). The van der Waals surface area contributed by atoms with E-state index in [0.29, 0.717) is 0 Å². The van der Waals surface area contributed by atoms with Gasteiger partial charge in [-0.3, -0.25) is 4.79 Å². The minimum Gasteiger partial charge on any atom is -0.477 e. The highest BCUT2D eigenvalue weighted by Crippen LogP contribution is 2.33. The summed E-state index contributed by atoms with van der Waals surface area (Å²) in [5.74, 6) is 0.412. The fourth-order valence-electron chi connectivity index (χ4n) is 2.54. The van der Waals surface area contributed by atoms with Gasteiger partial charge in [0, 0.05) is 0 Å². The molecule has 0 spiro atoms. The highest BCUT2D eigenvalue weighted by molar-refractivity contribution is 5.84. The van der Waals surface area contributed by atoms with Crippen LogP contribution >= 0.6 is 0 Å². The summed E-state index contributed by atoms with van der Waals surface area (Å²) in [6.07, 6.45) is 5.65. The summed E-state index contributed by atoms with van der Waals surface area (Å²) in [4.78, 5) is 11.7. The van der Waals surface area contributed by atoms with E-state index in [4.69, 9.17) is 10.5 Å². The first-order chi connectivity index (χ1) is 8.66. The summed E-state index contributed by atoms with van der Waals surface area (Å²) in [6.45, 7) is 2.11. The van der Waals surface area contributed by atoms with Crippen LogP contribution in [0.2, 0.25) is 0 Å². The van der Waals surface area contributed by atoms with Crippen molar-refractivity contribution >= 4 is 5.91 Å². The number of aryl methyl sites for hydroxylation is 1. The van der Waals surface area contributed by atoms with Crippen molar-refractivity contribution in [1.82, 2.24) is 0 Å². The van der Waals surface area contributed by atoms with E-state index in [9.17, 15) is 4.79 Å². The molecule has 0 aliphatic heterocycles. The van der Waals surface area contributed by atoms with Crippen LogP contribution in [0.25, 0.3) is 0 Å². The van der Waals surface area contributed by atoms with Crippen LogP contribution in [0.3, 0.4) is 0 Å². The Morgan fingerprint density at radius 3 is 2.33 bits per heavy atom. The third-order valence-electron chi connectivity index (χ3n) is 3.76. The molecule has 0 aromatic heterocycles. The molecule has 1 aliphatic carbocycles. The van der Waals surface area contributed by atoms with Crippen molar-refractivity contribution in [2.75, 3.05) is 0 Å². The number of hydrogen-bond acceptors (Lipinski definition) is 2.